The lowest BCUT2D eigenvalue weighted by Gasteiger charge is -2.19. The monoisotopic (exact) mass is 540 g/mol. The highest BCUT2D eigenvalue weighted by molar-refractivity contribution is 9.10. The third kappa shape index (κ3) is 5.68. The molecule has 0 bridgehead atoms. The van der Waals surface area contributed by atoms with Crippen molar-refractivity contribution in [1.82, 2.24) is 10.6 Å². The number of carboxylic acid groups (broad SMARTS) is 1. The molecule has 3 aromatic carbocycles. The topological polar surface area (TPSA) is 105 Å². The molecule has 0 heterocycles. The van der Waals surface area contributed by atoms with Gasteiger partial charge in [0.05, 0.1) is 6.42 Å². The number of nitrogens with one attached hydrogen (secondary N) is 2. The lowest BCUT2D eigenvalue weighted by Crippen LogP contribution is -2.48. The maximum atomic E-state index is 13.5. The Morgan fingerprint density at radius 1 is 1.00 bits per heavy atom. The summed E-state index contributed by atoms with van der Waals surface area (Å²) >= 11 is 3.27. The number of carbonyl (C=O) groups excluding carboxylic acids is 2. The van der Waals surface area contributed by atoms with Gasteiger partial charge in [0, 0.05) is 16.9 Å². The number of hydrogen-bond donors (Lipinski definition) is 3. The van der Waals surface area contributed by atoms with Crippen molar-refractivity contribution < 1.29 is 28.6 Å². The minimum Gasteiger partial charge on any atom is -0.481 e. The summed E-state index contributed by atoms with van der Waals surface area (Å²) in [7, 11) is 0. The Labute approximate surface area is 209 Å². The summed E-state index contributed by atoms with van der Waals surface area (Å²) in [5.41, 5.74) is 4.67. The first kappa shape index (κ1) is 24.4. The van der Waals surface area contributed by atoms with E-state index in [1.807, 2.05) is 48.5 Å². The van der Waals surface area contributed by atoms with Crippen molar-refractivity contribution >= 4 is 33.9 Å². The minimum atomic E-state index is -1.37. The lowest BCUT2D eigenvalue weighted by molar-refractivity contribution is -0.139. The molecule has 0 aliphatic heterocycles. The van der Waals surface area contributed by atoms with Crippen molar-refractivity contribution in [2.75, 3.05) is 6.61 Å². The predicted molar refractivity (Wildman–Crippen MR) is 130 cm³/mol. The molecule has 2 amide bonds. The highest BCUT2D eigenvalue weighted by Gasteiger charge is 2.30. The quantitative estimate of drug-likeness (QED) is 0.387. The zero-order valence-electron chi connectivity index (χ0n) is 18.5. The van der Waals surface area contributed by atoms with Gasteiger partial charge in [-0.2, -0.15) is 0 Å². The van der Waals surface area contributed by atoms with Crippen LogP contribution in [0.3, 0.4) is 0 Å². The Morgan fingerprint density at radius 3 is 2.26 bits per heavy atom. The molecular weight excluding hydrogens is 519 g/mol. The van der Waals surface area contributed by atoms with Crippen LogP contribution in [0.5, 0.6) is 0 Å². The first-order valence-corrected chi connectivity index (χ1v) is 11.7. The van der Waals surface area contributed by atoms with Gasteiger partial charge < -0.3 is 20.5 Å². The van der Waals surface area contributed by atoms with E-state index >= 15 is 0 Å². The molecule has 35 heavy (non-hydrogen) atoms. The number of hydrogen-bond acceptors (Lipinski definition) is 4. The van der Waals surface area contributed by atoms with E-state index in [1.54, 1.807) is 0 Å². The zero-order chi connectivity index (χ0) is 24.9. The fourth-order valence-corrected chi connectivity index (χ4v) is 4.54. The Kier molecular flexibility index (Phi) is 7.45. The fraction of sp³-hybridized carbons (Fsp3) is 0.192. The van der Waals surface area contributed by atoms with Crippen LogP contribution in [0.15, 0.2) is 71.2 Å². The number of carboxylic acids is 1. The van der Waals surface area contributed by atoms with Crippen LogP contribution >= 0.6 is 15.9 Å². The van der Waals surface area contributed by atoms with Crippen molar-refractivity contribution in [1.29, 1.82) is 0 Å². The van der Waals surface area contributed by atoms with E-state index in [4.69, 9.17) is 4.74 Å². The van der Waals surface area contributed by atoms with Gasteiger partial charge in [-0.3, -0.25) is 9.59 Å². The Hall–Kier alpha value is -3.72. The molecule has 4 rings (SSSR count). The Bertz CT molecular complexity index is 1240. The molecule has 7 nitrogen and oxygen atoms in total. The summed E-state index contributed by atoms with van der Waals surface area (Å²) in [5.74, 6) is -2.64. The van der Waals surface area contributed by atoms with Gasteiger partial charge in [0.25, 0.3) is 0 Å². The molecule has 3 N–H and O–H groups in total. The summed E-state index contributed by atoms with van der Waals surface area (Å²) in [6.07, 6.45) is -1.54. The van der Waals surface area contributed by atoms with E-state index in [2.05, 4.69) is 26.6 Å². The third-order valence-electron chi connectivity index (χ3n) is 5.79. The van der Waals surface area contributed by atoms with Gasteiger partial charge in [0.15, 0.2) is 0 Å². The third-order valence-corrected chi connectivity index (χ3v) is 6.57. The van der Waals surface area contributed by atoms with Crippen molar-refractivity contribution in [2.45, 2.75) is 24.9 Å². The average molecular weight is 541 g/mol. The number of rotatable bonds is 8. The van der Waals surface area contributed by atoms with E-state index in [0.717, 1.165) is 22.3 Å². The van der Waals surface area contributed by atoms with Crippen molar-refractivity contribution in [2.24, 2.45) is 0 Å². The molecule has 0 saturated carbocycles. The number of carbonyl (C=O) groups is 3. The highest BCUT2D eigenvalue weighted by atomic mass is 79.9. The smallest absolute Gasteiger partial charge is 0.407 e. The molecule has 180 valence electrons. The number of amides is 2. The van der Waals surface area contributed by atoms with Crippen LogP contribution in [-0.2, 0) is 20.9 Å². The molecule has 1 unspecified atom stereocenters. The van der Waals surface area contributed by atoms with E-state index < -0.39 is 36.2 Å². The van der Waals surface area contributed by atoms with Crippen LogP contribution in [0.25, 0.3) is 11.1 Å². The maximum absolute atomic E-state index is 13.5. The van der Waals surface area contributed by atoms with Crippen LogP contribution in [-0.4, -0.2) is 35.7 Å². The SMILES string of the molecule is O=C(O)CC(NC(=O)OCC1c2ccccc2-c2ccccc21)C(=O)NCc1cc(F)ccc1Br. The lowest BCUT2D eigenvalue weighted by atomic mass is 9.98. The molecule has 0 fully saturated rings. The van der Waals surface area contributed by atoms with Gasteiger partial charge in [-0.1, -0.05) is 64.5 Å². The molecule has 3 aromatic rings. The molecule has 0 aromatic heterocycles. The minimum absolute atomic E-state index is 0.0253. The Morgan fingerprint density at radius 2 is 1.63 bits per heavy atom. The van der Waals surface area contributed by atoms with Crippen LogP contribution in [0.1, 0.15) is 29.0 Å². The second-order valence-corrected chi connectivity index (χ2v) is 8.93. The second kappa shape index (κ2) is 10.7. The summed E-state index contributed by atoms with van der Waals surface area (Å²) in [6, 6.07) is 18.4. The highest BCUT2D eigenvalue weighted by Crippen LogP contribution is 2.44. The molecule has 1 aliphatic rings. The first-order valence-electron chi connectivity index (χ1n) is 10.9. The van der Waals surface area contributed by atoms with Crippen molar-refractivity contribution in [3.63, 3.8) is 0 Å². The number of benzene rings is 3. The summed E-state index contributed by atoms with van der Waals surface area (Å²) < 4.78 is 19.5. The predicted octanol–water partition coefficient (Wildman–Crippen LogP) is 4.59. The summed E-state index contributed by atoms with van der Waals surface area (Å²) in [4.78, 5) is 36.4. The number of ether oxygens (including phenoxy) is 1. The van der Waals surface area contributed by atoms with E-state index in [-0.39, 0.29) is 19.1 Å². The first-order chi connectivity index (χ1) is 16.8. The van der Waals surface area contributed by atoms with Crippen LogP contribution in [0, 0.1) is 5.82 Å². The largest absolute Gasteiger partial charge is 0.481 e. The molecule has 1 atom stereocenters. The molecule has 1 aliphatic carbocycles. The van der Waals surface area contributed by atoms with Gasteiger partial charge in [0.2, 0.25) is 5.91 Å². The van der Waals surface area contributed by atoms with Crippen molar-refractivity contribution in [3.05, 3.63) is 93.7 Å². The van der Waals surface area contributed by atoms with Crippen LogP contribution in [0.2, 0.25) is 0 Å². The number of alkyl carbamates (subject to hydrolysis) is 1. The van der Waals surface area contributed by atoms with Gasteiger partial charge in [-0.15, -0.1) is 0 Å². The number of fused-ring (bicyclic) bond motifs is 3. The number of aliphatic carboxylic acids is 1. The standard InChI is InChI=1S/C26H22BrFN2O5/c27-22-10-9-16(28)11-15(22)13-29-25(33)23(12-24(31)32)30-26(34)35-14-21-19-7-3-1-5-17(19)18-6-2-4-8-20(18)21/h1-11,21,23H,12-14H2,(H,29,33)(H,30,34)(H,31,32). The Balaban J connectivity index is 1.39. The van der Waals surface area contributed by atoms with Gasteiger partial charge in [-0.25, -0.2) is 9.18 Å². The van der Waals surface area contributed by atoms with Crippen LogP contribution in [0.4, 0.5) is 9.18 Å². The molecule has 0 spiro atoms. The van der Waals surface area contributed by atoms with Gasteiger partial charge in [0.1, 0.15) is 18.5 Å². The summed E-state index contributed by atoms with van der Waals surface area (Å²) in [6.45, 7) is -0.0306. The van der Waals surface area contributed by atoms with Gasteiger partial charge in [-0.05, 0) is 46.0 Å². The second-order valence-electron chi connectivity index (χ2n) is 8.07. The van der Waals surface area contributed by atoms with Crippen LogP contribution < -0.4 is 10.6 Å². The molecule has 0 radical (unpaired) electrons. The van der Waals surface area contributed by atoms with E-state index in [9.17, 15) is 23.9 Å². The van der Waals surface area contributed by atoms with Gasteiger partial charge >= 0.3 is 12.1 Å². The average Bonchev–Trinajstić information content (AvgIpc) is 3.16. The molecule has 0 saturated heterocycles. The van der Waals surface area contributed by atoms with E-state index in [1.165, 1.54) is 18.2 Å². The summed E-state index contributed by atoms with van der Waals surface area (Å²) in [5, 5.41) is 14.1. The fourth-order valence-electron chi connectivity index (χ4n) is 4.15. The van der Waals surface area contributed by atoms with Crippen molar-refractivity contribution in [3.8, 4) is 11.1 Å². The number of halogens is 2. The molecular formula is C26H22BrFN2O5. The maximum Gasteiger partial charge on any atom is 0.407 e. The zero-order valence-corrected chi connectivity index (χ0v) is 20.0. The molecule has 9 heteroatoms. The normalized spacial score (nSPS) is 12.9. The van der Waals surface area contributed by atoms with E-state index in [0.29, 0.717) is 10.0 Å².